The molecule has 0 saturated heterocycles. The first-order chi connectivity index (χ1) is 8.22. The lowest BCUT2D eigenvalue weighted by Crippen LogP contribution is -2.13. The van der Waals surface area contributed by atoms with Gasteiger partial charge in [0.15, 0.2) is 0 Å². The van der Waals surface area contributed by atoms with Crippen molar-refractivity contribution >= 4 is 0 Å². The van der Waals surface area contributed by atoms with Gasteiger partial charge in [-0.25, -0.2) is 0 Å². The van der Waals surface area contributed by atoms with E-state index in [-0.39, 0.29) is 0 Å². The Kier molecular flexibility index (Phi) is 6.41. The molecule has 0 unspecified atom stereocenters. The van der Waals surface area contributed by atoms with Crippen LogP contribution < -0.4 is 10.1 Å². The van der Waals surface area contributed by atoms with Gasteiger partial charge in [0.25, 0.3) is 0 Å². The van der Waals surface area contributed by atoms with Gasteiger partial charge in [-0.3, -0.25) is 0 Å². The molecule has 94 valence electrons. The molecule has 0 radical (unpaired) electrons. The summed E-state index contributed by atoms with van der Waals surface area (Å²) in [5, 5.41) is 3.39. The fourth-order valence-electron chi connectivity index (χ4n) is 1.46. The fourth-order valence-corrected chi connectivity index (χ4v) is 1.46. The highest BCUT2D eigenvalue weighted by molar-refractivity contribution is 5.28. The van der Waals surface area contributed by atoms with Gasteiger partial charge >= 0.3 is 0 Å². The average molecular weight is 233 g/mol. The molecule has 0 saturated carbocycles. The highest BCUT2D eigenvalue weighted by atomic mass is 16.5. The molecule has 17 heavy (non-hydrogen) atoms. The lowest BCUT2D eigenvalue weighted by atomic mass is 10.2. The van der Waals surface area contributed by atoms with Crippen LogP contribution in [0.2, 0.25) is 0 Å². The van der Waals surface area contributed by atoms with E-state index in [9.17, 15) is 0 Å². The molecule has 2 heteroatoms. The van der Waals surface area contributed by atoms with Gasteiger partial charge in [0.05, 0.1) is 0 Å². The third-order valence-electron chi connectivity index (χ3n) is 2.40. The minimum absolute atomic E-state index is 0.647. The lowest BCUT2D eigenvalue weighted by Gasteiger charge is -2.07. The predicted molar refractivity (Wildman–Crippen MR) is 73.4 cm³/mol. The number of ether oxygens (including phenoxy) is 1. The molecule has 0 spiro atoms. The zero-order chi connectivity index (χ0) is 12.5. The van der Waals surface area contributed by atoms with Gasteiger partial charge in [-0.15, -0.1) is 0 Å². The second kappa shape index (κ2) is 7.91. The Morgan fingerprint density at radius 2 is 2.18 bits per heavy atom. The first kappa shape index (κ1) is 13.8. The molecule has 0 bridgehead atoms. The Morgan fingerprint density at radius 3 is 2.88 bits per heavy atom. The summed E-state index contributed by atoms with van der Waals surface area (Å²) >= 11 is 0. The fraction of sp³-hybridized carbons (Fsp3) is 0.467. The van der Waals surface area contributed by atoms with Crippen molar-refractivity contribution in [1.29, 1.82) is 0 Å². The van der Waals surface area contributed by atoms with Crippen molar-refractivity contribution in [3.05, 3.63) is 41.5 Å². The van der Waals surface area contributed by atoms with Crippen LogP contribution in [0, 0.1) is 0 Å². The standard InChI is InChI=1S/C15H23NO/c1-4-9-16-12-14-6-5-7-15(11-14)17-10-8-13(2)3/h5-8,11,16H,4,9-10,12H2,1-3H3. The van der Waals surface area contributed by atoms with E-state index >= 15 is 0 Å². The molecule has 0 fully saturated rings. The average Bonchev–Trinajstić information content (AvgIpc) is 2.29. The van der Waals surface area contributed by atoms with E-state index in [1.807, 2.05) is 12.1 Å². The zero-order valence-electron chi connectivity index (χ0n) is 11.1. The van der Waals surface area contributed by atoms with Crippen molar-refractivity contribution in [1.82, 2.24) is 5.32 Å². The Labute approximate surface area is 105 Å². The van der Waals surface area contributed by atoms with Gasteiger partial charge in [-0.1, -0.05) is 24.6 Å². The van der Waals surface area contributed by atoms with Crippen LogP contribution in [-0.4, -0.2) is 13.2 Å². The molecule has 0 aliphatic rings. The second-order valence-electron chi connectivity index (χ2n) is 4.42. The minimum Gasteiger partial charge on any atom is -0.490 e. The molecule has 2 nitrogen and oxygen atoms in total. The summed E-state index contributed by atoms with van der Waals surface area (Å²) < 4.78 is 5.66. The first-order valence-electron chi connectivity index (χ1n) is 6.28. The largest absolute Gasteiger partial charge is 0.490 e. The molecule has 0 atom stereocenters. The normalized spacial score (nSPS) is 10.1. The third kappa shape index (κ3) is 6.12. The summed E-state index contributed by atoms with van der Waals surface area (Å²) in [6, 6.07) is 8.26. The van der Waals surface area contributed by atoms with E-state index in [1.54, 1.807) is 0 Å². The number of allylic oxidation sites excluding steroid dienone is 1. The van der Waals surface area contributed by atoms with Gasteiger partial charge < -0.3 is 10.1 Å². The van der Waals surface area contributed by atoms with E-state index in [0.717, 1.165) is 25.3 Å². The summed E-state index contributed by atoms with van der Waals surface area (Å²) in [6.07, 6.45) is 3.25. The summed E-state index contributed by atoms with van der Waals surface area (Å²) in [5.74, 6) is 0.943. The third-order valence-corrected chi connectivity index (χ3v) is 2.40. The molecule has 0 amide bonds. The highest BCUT2D eigenvalue weighted by Crippen LogP contribution is 2.13. The maximum absolute atomic E-state index is 5.66. The number of benzene rings is 1. The number of nitrogens with one attached hydrogen (secondary N) is 1. The number of hydrogen-bond donors (Lipinski definition) is 1. The van der Waals surface area contributed by atoms with Crippen LogP contribution in [-0.2, 0) is 6.54 Å². The second-order valence-corrected chi connectivity index (χ2v) is 4.42. The van der Waals surface area contributed by atoms with Crippen molar-refractivity contribution in [2.75, 3.05) is 13.2 Å². The van der Waals surface area contributed by atoms with E-state index in [0.29, 0.717) is 6.61 Å². The van der Waals surface area contributed by atoms with Crippen LogP contribution in [0.15, 0.2) is 35.9 Å². The predicted octanol–water partition coefficient (Wildman–Crippen LogP) is 3.53. The van der Waals surface area contributed by atoms with Crippen LogP contribution in [0.5, 0.6) is 5.75 Å². The molecule has 0 aliphatic heterocycles. The van der Waals surface area contributed by atoms with Crippen LogP contribution in [0.25, 0.3) is 0 Å². The maximum atomic E-state index is 5.66. The summed E-state index contributed by atoms with van der Waals surface area (Å²) in [7, 11) is 0. The molecular formula is C15H23NO. The van der Waals surface area contributed by atoms with Crippen molar-refractivity contribution in [2.45, 2.75) is 33.7 Å². The van der Waals surface area contributed by atoms with Gasteiger partial charge in [0, 0.05) is 6.54 Å². The van der Waals surface area contributed by atoms with Crippen molar-refractivity contribution < 1.29 is 4.74 Å². The zero-order valence-corrected chi connectivity index (χ0v) is 11.1. The lowest BCUT2D eigenvalue weighted by molar-refractivity contribution is 0.361. The van der Waals surface area contributed by atoms with E-state index < -0.39 is 0 Å². The monoisotopic (exact) mass is 233 g/mol. The first-order valence-corrected chi connectivity index (χ1v) is 6.28. The van der Waals surface area contributed by atoms with Gasteiger partial charge in [0.2, 0.25) is 0 Å². The van der Waals surface area contributed by atoms with Crippen molar-refractivity contribution in [3.8, 4) is 5.75 Å². The highest BCUT2D eigenvalue weighted by Gasteiger charge is 1.96. The molecule has 1 rings (SSSR count). The summed E-state index contributed by atoms with van der Waals surface area (Å²) in [4.78, 5) is 0. The smallest absolute Gasteiger partial charge is 0.120 e. The van der Waals surface area contributed by atoms with E-state index in [2.05, 4.69) is 44.3 Å². The SMILES string of the molecule is CCCNCc1cccc(OCC=C(C)C)c1. The quantitative estimate of drug-likeness (QED) is 0.574. The molecule has 1 N–H and O–H groups in total. The van der Waals surface area contributed by atoms with E-state index in [4.69, 9.17) is 4.74 Å². The van der Waals surface area contributed by atoms with Gasteiger partial charge in [-0.05, 0) is 50.6 Å². The summed E-state index contributed by atoms with van der Waals surface area (Å²) in [6.45, 7) is 8.94. The minimum atomic E-state index is 0.647. The summed E-state index contributed by atoms with van der Waals surface area (Å²) in [5.41, 5.74) is 2.55. The Bertz CT molecular complexity index is 354. The molecule has 0 heterocycles. The molecule has 0 aliphatic carbocycles. The molecule has 0 aromatic heterocycles. The van der Waals surface area contributed by atoms with Crippen LogP contribution in [0.3, 0.4) is 0 Å². The Balaban J connectivity index is 2.45. The Morgan fingerprint density at radius 1 is 1.35 bits per heavy atom. The van der Waals surface area contributed by atoms with Gasteiger partial charge in [-0.2, -0.15) is 0 Å². The van der Waals surface area contributed by atoms with E-state index in [1.165, 1.54) is 11.1 Å². The van der Waals surface area contributed by atoms with Crippen molar-refractivity contribution in [3.63, 3.8) is 0 Å². The number of rotatable bonds is 7. The molecule has 1 aromatic rings. The topological polar surface area (TPSA) is 21.3 Å². The van der Waals surface area contributed by atoms with Gasteiger partial charge in [0.1, 0.15) is 12.4 Å². The molecule has 1 aromatic carbocycles. The Hall–Kier alpha value is -1.28. The maximum Gasteiger partial charge on any atom is 0.120 e. The van der Waals surface area contributed by atoms with Crippen LogP contribution in [0.4, 0.5) is 0 Å². The van der Waals surface area contributed by atoms with Crippen LogP contribution in [0.1, 0.15) is 32.8 Å². The number of hydrogen-bond acceptors (Lipinski definition) is 2. The van der Waals surface area contributed by atoms with Crippen molar-refractivity contribution in [2.24, 2.45) is 0 Å². The molecular weight excluding hydrogens is 210 g/mol. The van der Waals surface area contributed by atoms with Crippen LogP contribution >= 0.6 is 0 Å².